The highest BCUT2D eigenvalue weighted by Gasteiger charge is 2.19. The van der Waals surface area contributed by atoms with Gasteiger partial charge >= 0.3 is 17.9 Å². The molecule has 0 radical (unpaired) electrons. The Morgan fingerprint density at radius 2 is 0.600 bits per heavy atom. The van der Waals surface area contributed by atoms with E-state index >= 15 is 0 Å². The molecule has 6 nitrogen and oxygen atoms in total. The number of hydrogen-bond donors (Lipinski definition) is 0. The van der Waals surface area contributed by atoms with Crippen LogP contribution in [-0.4, -0.2) is 37.2 Å². The van der Waals surface area contributed by atoms with Crippen molar-refractivity contribution >= 4 is 17.9 Å². The van der Waals surface area contributed by atoms with Gasteiger partial charge in [-0.2, -0.15) is 0 Å². The number of carbonyl (C=O) groups excluding carboxylic acids is 3. The van der Waals surface area contributed by atoms with E-state index in [9.17, 15) is 14.4 Å². The quantitative estimate of drug-likeness (QED) is 0.0262. The molecule has 0 saturated carbocycles. The zero-order valence-corrected chi connectivity index (χ0v) is 45.8. The molecule has 0 aliphatic rings. The number of ether oxygens (including phenoxy) is 3. The van der Waals surface area contributed by atoms with E-state index in [1.807, 2.05) is 0 Å². The van der Waals surface area contributed by atoms with E-state index in [-0.39, 0.29) is 37.5 Å². The average molecular weight is 974 g/mol. The summed E-state index contributed by atoms with van der Waals surface area (Å²) in [5, 5.41) is 0. The van der Waals surface area contributed by atoms with Crippen molar-refractivity contribution in [3.63, 3.8) is 0 Å². The first kappa shape index (κ1) is 66.3. The molecule has 0 aromatic heterocycles. The number of hydrogen-bond acceptors (Lipinski definition) is 6. The van der Waals surface area contributed by atoms with E-state index in [4.69, 9.17) is 14.2 Å². The van der Waals surface area contributed by atoms with Crippen molar-refractivity contribution in [1.29, 1.82) is 0 Å². The second-order valence-corrected chi connectivity index (χ2v) is 19.2. The van der Waals surface area contributed by atoms with Gasteiger partial charge in [0.25, 0.3) is 0 Å². The summed E-state index contributed by atoms with van der Waals surface area (Å²) in [5.41, 5.74) is 0. The summed E-state index contributed by atoms with van der Waals surface area (Å²) in [6.45, 7) is 6.42. The van der Waals surface area contributed by atoms with Crippen molar-refractivity contribution in [2.45, 2.75) is 277 Å². The summed E-state index contributed by atoms with van der Waals surface area (Å²) in [6, 6.07) is 0. The number of unbranched alkanes of at least 4 members (excludes halogenated alkanes) is 25. The van der Waals surface area contributed by atoms with Crippen LogP contribution in [0.1, 0.15) is 271 Å². The van der Waals surface area contributed by atoms with Crippen LogP contribution in [0.3, 0.4) is 0 Å². The third kappa shape index (κ3) is 55.3. The van der Waals surface area contributed by atoms with Gasteiger partial charge < -0.3 is 14.2 Å². The number of esters is 3. The maximum absolute atomic E-state index is 12.9. The average Bonchev–Trinajstić information content (AvgIpc) is 3.36. The molecule has 0 bridgehead atoms. The van der Waals surface area contributed by atoms with Gasteiger partial charge in [-0.05, 0) is 89.9 Å². The van der Waals surface area contributed by atoms with Crippen molar-refractivity contribution < 1.29 is 28.6 Å². The standard InChI is InChI=1S/C64H108O6/c1-4-7-10-13-16-19-22-24-26-28-30-31-32-33-35-36-38-40-42-45-48-51-54-57-63(66)69-60-61(59-68-62(65)56-53-50-47-44-21-18-15-12-9-6-3)70-64(67)58-55-52-49-46-43-41-39-37-34-29-27-25-23-20-17-14-11-8-5-2/h7,10,12,15-16,19,24,26,30-31,33,35,38,40,45,48,61H,4-6,8-9,11,13-14,17-18,20-23,25,27-29,32,34,36-37,39,41-44,46-47,49-60H2,1-3H3/b10-7-,15-12-,19-16-,26-24-,31-30-,35-33-,40-38-,48-45-. The third-order valence-electron chi connectivity index (χ3n) is 12.3. The van der Waals surface area contributed by atoms with E-state index in [2.05, 4.69) is 118 Å². The Bertz CT molecular complexity index is 1400. The number of carbonyl (C=O) groups is 3. The van der Waals surface area contributed by atoms with Crippen LogP contribution in [0.15, 0.2) is 97.2 Å². The predicted octanol–water partition coefficient (Wildman–Crippen LogP) is 19.7. The molecule has 0 aliphatic carbocycles. The zero-order chi connectivity index (χ0) is 50.7. The minimum absolute atomic E-state index is 0.0987. The molecular weight excluding hydrogens is 865 g/mol. The molecular formula is C64H108O6. The summed E-state index contributed by atoms with van der Waals surface area (Å²) in [6.07, 6.45) is 77.0. The topological polar surface area (TPSA) is 78.9 Å². The zero-order valence-electron chi connectivity index (χ0n) is 45.8. The van der Waals surface area contributed by atoms with Crippen LogP contribution in [0, 0.1) is 0 Å². The van der Waals surface area contributed by atoms with Crippen LogP contribution in [0.2, 0.25) is 0 Å². The molecule has 0 aliphatic heterocycles. The minimum Gasteiger partial charge on any atom is -0.462 e. The van der Waals surface area contributed by atoms with Crippen molar-refractivity contribution in [2.24, 2.45) is 0 Å². The molecule has 0 aromatic carbocycles. The lowest BCUT2D eigenvalue weighted by molar-refractivity contribution is -0.167. The first-order valence-electron chi connectivity index (χ1n) is 29.2. The number of allylic oxidation sites excluding steroid dienone is 16. The lowest BCUT2D eigenvalue weighted by Crippen LogP contribution is -2.30. The highest BCUT2D eigenvalue weighted by molar-refractivity contribution is 5.71. The Hall–Kier alpha value is -3.67. The smallest absolute Gasteiger partial charge is 0.306 e. The molecule has 0 rings (SSSR count). The van der Waals surface area contributed by atoms with E-state index in [0.717, 1.165) is 109 Å². The third-order valence-corrected chi connectivity index (χ3v) is 12.3. The van der Waals surface area contributed by atoms with Crippen LogP contribution >= 0.6 is 0 Å². The van der Waals surface area contributed by atoms with Gasteiger partial charge in [0.15, 0.2) is 6.10 Å². The SMILES string of the molecule is CC/C=C\C/C=C\C/C=C\C/C=C\C/C=C\C/C=C\C/C=C\CCCC(=O)OCC(COC(=O)CCCCCCC/C=C\CCC)OC(=O)CCCCCCCCCCCCCCCCCCCCC. The number of rotatable bonds is 52. The normalized spacial score (nSPS) is 12.8. The predicted molar refractivity (Wildman–Crippen MR) is 302 cm³/mol. The van der Waals surface area contributed by atoms with Gasteiger partial charge in [0.1, 0.15) is 13.2 Å². The Kier molecular flexibility index (Phi) is 54.9. The fourth-order valence-electron chi connectivity index (χ4n) is 7.96. The van der Waals surface area contributed by atoms with Gasteiger partial charge in [-0.15, -0.1) is 0 Å². The van der Waals surface area contributed by atoms with Crippen molar-refractivity contribution in [2.75, 3.05) is 13.2 Å². The Labute approximate surface area is 432 Å². The van der Waals surface area contributed by atoms with Crippen LogP contribution in [0.5, 0.6) is 0 Å². The first-order valence-corrected chi connectivity index (χ1v) is 29.2. The van der Waals surface area contributed by atoms with Crippen LogP contribution < -0.4 is 0 Å². The highest BCUT2D eigenvalue weighted by Crippen LogP contribution is 2.16. The highest BCUT2D eigenvalue weighted by atomic mass is 16.6. The fourth-order valence-corrected chi connectivity index (χ4v) is 7.96. The summed E-state index contributed by atoms with van der Waals surface area (Å²) in [7, 11) is 0. The molecule has 1 atom stereocenters. The Morgan fingerprint density at radius 1 is 0.300 bits per heavy atom. The molecule has 0 heterocycles. The van der Waals surface area contributed by atoms with Crippen LogP contribution in [0.4, 0.5) is 0 Å². The van der Waals surface area contributed by atoms with Gasteiger partial charge in [0.05, 0.1) is 0 Å². The molecule has 0 N–H and O–H groups in total. The van der Waals surface area contributed by atoms with Crippen molar-refractivity contribution in [1.82, 2.24) is 0 Å². The molecule has 0 fully saturated rings. The molecule has 0 amide bonds. The summed E-state index contributed by atoms with van der Waals surface area (Å²) in [4.78, 5) is 38.1. The monoisotopic (exact) mass is 973 g/mol. The second-order valence-electron chi connectivity index (χ2n) is 19.2. The van der Waals surface area contributed by atoms with Crippen molar-refractivity contribution in [3.8, 4) is 0 Å². The van der Waals surface area contributed by atoms with Gasteiger partial charge in [-0.1, -0.05) is 259 Å². The molecule has 1 unspecified atom stereocenters. The lowest BCUT2D eigenvalue weighted by atomic mass is 10.0. The Balaban J connectivity index is 4.39. The second kappa shape index (κ2) is 57.9. The summed E-state index contributed by atoms with van der Waals surface area (Å²) < 4.78 is 16.8. The largest absolute Gasteiger partial charge is 0.462 e. The van der Waals surface area contributed by atoms with Crippen LogP contribution in [0.25, 0.3) is 0 Å². The maximum atomic E-state index is 12.9. The van der Waals surface area contributed by atoms with Gasteiger partial charge in [-0.3, -0.25) is 14.4 Å². The summed E-state index contributed by atoms with van der Waals surface area (Å²) >= 11 is 0. The van der Waals surface area contributed by atoms with Gasteiger partial charge in [0, 0.05) is 19.3 Å². The van der Waals surface area contributed by atoms with Gasteiger partial charge in [-0.25, -0.2) is 0 Å². The molecule has 0 spiro atoms. The Morgan fingerprint density at radius 3 is 1.00 bits per heavy atom. The van der Waals surface area contributed by atoms with Crippen LogP contribution in [-0.2, 0) is 28.6 Å². The maximum Gasteiger partial charge on any atom is 0.306 e. The molecule has 70 heavy (non-hydrogen) atoms. The van der Waals surface area contributed by atoms with E-state index in [0.29, 0.717) is 19.3 Å². The molecule has 400 valence electrons. The lowest BCUT2D eigenvalue weighted by Gasteiger charge is -2.18. The van der Waals surface area contributed by atoms with E-state index < -0.39 is 6.10 Å². The first-order chi connectivity index (χ1) is 34.5. The molecule has 0 saturated heterocycles. The molecule has 6 heteroatoms. The van der Waals surface area contributed by atoms with Gasteiger partial charge in [0.2, 0.25) is 0 Å². The van der Waals surface area contributed by atoms with E-state index in [1.165, 1.54) is 116 Å². The van der Waals surface area contributed by atoms with Crippen molar-refractivity contribution in [3.05, 3.63) is 97.2 Å². The minimum atomic E-state index is -0.803. The van der Waals surface area contributed by atoms with E-state index in [1.54, 1.807) is 0 Å². The fraction of sp³-hybridized carbons (Fsp3) is 0.703. The summed E-state index contributed by atoms with van der Waals surface area (Å²) in [5.74, 6) is -0.965. The molecule has 0 aromatic rings.